The van der Waals surface area contributed by atoms with Gasteiger partial charge >= 0.3 is 5.97 Å². The monoisotopic (exact) mass is 595 g/mol. The van der Waals surface area contributed by atoms with E-state index in [1.807, 2.05) is 66.7 Å². The Morgan fingerprint density at radius 2 is 1.61 bits per heavy atom. The molecule has 0 unspecified atom stereocenters. The highest BCUT2D eigenvalue weighted by Crippen LogP contribution is 2.34. The van der Waals surface area contributed by atoms with Gasteiger partial charge in [0.2, 0.25) is 5.91 Å². The second-order valence-corrected chi connectivity index (χ2v) is 11.4. The average molecular weight is 597 g/mol. The van der Waals surface area contributed by atoms with Gasteiger partial charge in [-0.15, -0.1) is 0 Å². The fraction of sp³-hybridized carbons (Fsp3) is 0.375. The minimum absolute atomic E-state index is 0.0354. The number of hydrogen-bond donors (Lipinski definition) is 2. The standard InChI is InChI=1S/C19H21ClN2O2.C13H14ClNO2/c20-15-8-9-17-14(13-15)5-4-11-22(17)18(10-12-23)19(24)21-16-6-2-1-3-7-16;14-10-3-4-11-9(8-10)2-1-6-15(11)12-5-7-17-13(12)16/h1-3,6-9,13,18,23H,4-5,10-12H2,(H,21,24);3-4,8,12H,1-2,5-7H2/t18-;12-/m00/s1. The van der Waals surface area contributed by atoms with Crippen molar-refractivity contribution in [1.29, 1.82) is 0 Å². The first-order chi connectivity index (χ1) is 19.9. The van der Waals surface area contributed by atoms with Crippen LogP contribution in [-0.4, -0.2) is 55.4 Å². The van der Waals surface area contributed by atoms with Gasteiger partial charge in [-0.25, -0.2) is 4.79 Å². The van der Waals surface area contributed by atoms with Crippen LogP contribution in [0.3, 0.4) is 0 Å². The SMILES string of the molecule is O=C(Nc1ccccc1)[C@H](CCO)N1CCCc2cc(Cl)ccc21.O=C1OCC[C@@H]1N1CCCc2cc(Cl)ccc21. The molecule has 3 aliphatic rings. The molecule has 0 spiro atoms. The van der Waals surface area contributed by atoms with Gasteiger partial charge < -0.3 is 25.0 Å². The van der Waals surface area contributed by atoms with Crippen molar-refractivity contribution in [3.05, 3.63) is 87.9 Å². The summed E-state index contributed by atoms with van der Waals surface area (Å²) >= 11 is 12.1. The van der Waals surface area contributed by atoms with E-state index >= 15 is 0 Å². The number of cyclic esters (lactones) is 1. The highest BCUT2D eigenvalue weighted by atomic mass is 35.5. The predicted molar refractivity (Wildman–Crippen MR) is 164 cm³/mol. The number of anilines is 3. The van der Waals surface area contributed by atoms with Gasteiger partial charge in [0, 0.05) is 53.2 Å². The van der Waals surface area contributed by atoms with Crippen LogP contribution in [0.4, 0.5) is 17.1 Å². The van der Waals surface area contributed by atoms with Gasteiger partial charge in [-0.3, -0.25) is 4.79 Å². The molecule has 2 atom stereocenters. The fourth-order valence-corrected chi connectivity index (χ4v) is 6.29. The minimum Gasteiger partial charge on any atom is -0.464 e. The summed E-state index contributed by atoms with van der Waals surface area (Å²) in [5, 5.41) is 13.9. The normalized spacial score (nSPS) is 18.4. The first-order valence-corrected chi connectivity index (χ1v) is 14.9. The third kappa shape index (κ3) is 6.97. The van der Waals surface area contributed by atoms with Crippen molar-refractivity contribution in [3.63, 3.8) is 0 Å². The highest BCUT2D eigenvalue weighted by Gasteiger charge is 2.34. The van der Waals surface area contributed by atoms with Crippen LogP contribution in [0.15, 0.2) is 66.7 Å². The molecule has 216 valence electrons. The van der Waals surface area contributed by atoms with E-state index in [0.29, 0.717) is 18.1 Å². The van der Waals surface area contributed by atoms with Crippen LogP contribution in [0.2, 0.25) is 10.0 Å². The molecule has 41 heavy (non-hydrogen) atoms. The number of carbonyl (C=O) groups excluding carboxylic acids is 2. The number of ether oxygens (including phenoxy) is 1. The lowest BCUT2D eigenvalue weighted by molar-refractivity contribution is -0.139. The van der Waals surface area contributed by atoms with Crippen LogP contribution in [0, 0.1) is 0 Å². The summed E-state index contributed by atoms with van der Waals surface area (Å²) in [5.74, 6) is -0.189. The molecule has 7 nitrogen and oxygen atoms in total. The second-order valence-electron chi connectivity index (χ2n) is 10.5. The van der Waals surface area contributed by atoms with Gasteiger partial charge in [-0.2, -0.15) is 0 Å². The van der Waals surface area contributed by atoms with Gasteiger partial charge in [-0.1, -0.05) is 41.4 Å². The van der Waals surface area contributed by atoms with Crippen molar-refractivity contribution in [2.24, 2.45) is 0 Å². The molecular formula is C32H35Cl2N3O4. The molecule has 3 aromatic rings. The van der Waals surface area contributed by atoms with E-state index in [1.54, 1.807) is 0 Å². The number of esters is 1. The number of benzene rings is 3. The number of aryl methyl sites for hydroxylation is 2. The molecule has 0 radical (unpaired) electrons. The smallest absolute Gasteiger partial charge is 0.328 e. The van der Waals surface area contributed by atoms with E-state index in [9.17, 15) is 14.7 Å². The van der Waals surface area contributed by atoms with Crippen molar-refractivity contribution < 1.29 is 19.4 Å². The minimum atomic E-state index is -0.407. The van der Waals surface area contributed by atoms with Crippen LogP contribution in [0.1, 0.15) is 36.8 Å². The van der Waals surface area contributed by atoms with E-state index in [1.165, 1.54) is 5.56 Å². The van der Waals surface area contributed by atoms with E-state index in [4.69, 9.17) is 27.9 Å². The maximum absolute atomic E-state index is 12.8. The molecule has 1 amide bonds. The highest BCUT2D eigenvalue weighted by molar-refractivity contribution is 6.31. The number of nitrogens with one attached hydrogen (secondary N) is 1. The summed E-state index contributed by atoms with van der Waals surface area (Å²) < 4.78 is 5.05. The summed E-state index contributed by atoms with van der Waals surface area (Å²) in [6.07, 6.45) is 5.21. The van der Waals surface area contributed by atoms with Crippen molar-refractivity contribution in [3.8, 4) is 0 Å². The van der Waals surface area contributed by atoms with Crippen LogP contribution in [0.5, 0.6) is 0 Å². The molecule has 1 fully saturated rings. The average Bonchev–Trinajstić information content (AvgIpc) is 3.41. The zero-order valence-corrected chi connectivity index (χ0v) is 24.4. The number of fused-ring (bicyclic) bond motifs is 2. The van der Waals surface area contributed by atoms with Crippen LogP contribution in [0.25, 0.3) is 0 Å². The lowest BCUT2D eigenvalue weighted by Crippen LogP contribution is -2.47. The quantitative estimate of drug-likeness (QED) is 0.346. The lowest BCUT2D eigenvalue weighted by Gasteiger charge is -2.37. The number of nitrogens with zero attached hydrogens (tertiary/aromatic N) is 2. The maximum atomic E-state index is 12.8. The van der Waals surface area contributed by atoms with E-state index in [2.05, 4.69) is 15.1 Å². The molecule has 0 bridgehead atoms. The Hall–Kier alpha value is -3.26. The van der Waals surface area contributed by atoms with Gasteiger partial charge in [-0.05, 0) is 91.8 Å². The third-order valence-electron chi connectivity index (χ3n) is 7.80. The Morgan fingerprint density at radius 3 is 2.27 bits per heavy atom. The van der Waals surface area contributed by atoms with Gasteiger partial charge in [0.25, 0.3) is 0 Å². The molecule has 0 aliphatic carbocycles. The van der Waals surface area contributed by atoms with Crippen LogP contribution < -0.4 is 15.1 Å². The van der Waals surface area contributed by atoms with Gasteiger partial charge in [0.1, 0.15) is 12.1 Å². The molecule has 0 aromatic heterocycles. The van der Waals surface area contributed by atoms with Crippen LogP contribution in [-0.2, 0) is 27.2 Å². The number of aliphatic hydroxyl groups excluding tert-OH is 1. The molecule has 3 aromatic carbocycles. The molecular weight excluding hydrogens is 561 g/mol. The predicted octanol–water partition coefficient (Wildman–Crippen LogP) is 5.89. The summed E-state index contributed by atoms with van der Waals surface area (Å²) in [4.78, 5) is 28.7. The number of para-hydroxylation sites is 1. The number of rotatable bonds is 6. The second kappa shape index (κ2) is 13.6. The van der Waals surface area contributed by atoms with Crippen LogP contribution >= 0.6 is 23.2 Å². The zero-order valence-electron chi connectivity index (χ0n) is 22.9. The third-order valence-corrected chi connectivity index (χ3v) is 8.27. The first-order valence-electron chi connectivity index (χ1n) is 14.2. The number of aliphatic hydroxyl groups is 1. The first kappa shape index (κ1) is 29.2. The van der Waals surface area contributed by atoms with Crippen molar-refractivity contribution in [2.45, 2.75) is 50.6 Å². The molecule has 3 aliphatic heterocycles. The van der Waals surface area contributed by atoms with E-state index in [0.717, 1.165) is 72.8 Å². The molecule has 2 N–H and O–H groups in total. The Bertz CT molecular complexity index is 1370. The van der Waals surface area contributed by atoms with Crippen molar-refractivity contribution in [1.82, 2.24) is 0 Å². The fourth-order valence-electron chi connectivity index (χ4n) is 5.90. The topological polar surface area (TPSA) is 82.1 Å². The molecule has 1 saturated heterocycles. The molecule has 3 heterocycles. The van der Waals surface area contributed by atoms with Gasteiger partial charge in [0.15, 0.2) is 0 Å². The summed E-state index contributed by atoms with van der Waals surface area (Å²) in [7, 11) is 0. The summed E-state index contributed by atoms with van der Waals surface area (Å²) in [6.45, 7) is 2.23. The Balaban J connectivity index is 0.000000174. The summed E-state index contributed by atoms with van der Waals surface area (Å²) in [6, 6.07) is 20.6. The number of halogens is 2. The summed E-state index contributed by atoms with van der Waals surface area (Å²) in [5.41, 5.74) is 5.34. The maximum Gasteiger partial charge on any atom is 0.328 e. The number of amides is 1. The Morgan fingerprint density at radius 1 is 0.951 bits per heavy atom. The zero-order chi connectivity index (χ0) is 28.8. The van der Waals surface area contributed by atoms with Crippen molar-refractivity contribution in [2.75, 3.05) is 41.4 Å². The number of hydrogen-bond acceptors (Lipinski definition) is 6. The van der Waals surface area contributed by atoms with Gasteiger partial charge in [0.05, 0.1) is 6.61 Å². The Labute approximate surface area is 251 Å². The molecule has 9 heteroatoms. The van der Waals surface area contributed by atoms with Crippen molar-refractivity contribution >= 4 is 52.1 Å². The van der Waals surface area contributed by atoms with E-state index in [-0.39, 0.29) is 24.5 Å². The van der Waals surface area contributed by atoms with E-state index < -0.39 is 6.04 Å². The molecule has 6 rings (SSSR count). The molecule has 0 saturated carbocycles. The number of carbonyl (C=O) groups is 2. The lowest BCUT2D eigenvalue weighted by atomic mass is 9.98. The Kier molecular flexibility index (Phi) is 9.70. The largest absolute Gasteiger partial charge is 0.464 e.